The number of halogens is 4. The van der Waals surface area contributed by atoms with Crippen LogP contribution in [-0.2, 0) is 0 Å². The van der Waals surface area contributed by atoms with E-state index < -0.39 is 0 Å². The van der Waals surface area contributed by atoms with Crippen LogP contribution in [0.15, 0.2) is 0 Å². The molecule has 0 aromatic rings. The van der Waals surface area contributed by atoms with E-state index in [9.17, 15) is 0 Å². The monoisotopic (exact) mass is 268 g/mol. The van der Waals surface area contributed by atoms with Gasteiger partial charge in [-0.25, -0.2) is 0 Å². The van der Waals surface area contributed by atoms with E-state index in [1.807, 2.05) is 0 Å². The van der Waals surface area contributed by atoms with Gasteiger partial charge in [-0.2, -0.15) is 0 Å². The summed E-state index contributed by atoms with van der Waals surface area (Å²) in [7, 11) is 0. The van der Waals surface area contributed by atoms with Gasteiger partial charge in [0.05, 0.1) is 0 Å². The predicted molar refractivity (Wildman–Crippen MR) is 53.1 cm³/mol. The van der Waals surface area contributed by atoms with E-state index in [0.29, 0.717) is 0 Å². The first-order valence-corrected chi connectivity index (χ1v) is 1.02. The van der Waals surface area contributed by atoms with E-state index in [1.165, 1.54) is 0 Å². The molecule has 0 rings (SSSR count). The summed E-state index contributed by atoms with van der Waals surface area (Å²) in [6.07, 6.45) is 0. The fraction of sp³-hybridized carbons (Fsp3) is 1.00. The van der Waals surface area contributed by atoms with Gasteiger partial charge in [-0.05, 0) is 6.92 Å². The minimum absolute atomic E-state index is 0. The fourth-order valence-corrected chi connectivity index (χ4v) is 0. The normalized spacial score (nSPS) is 2.25. The van der Waals surface area contributed by atoms with Crippen molar-refractivity contribution in [2.45, 2.75) is 6.92 Å². The Labute approximate surface area is 85.6 Å². The predicted octanol–water partition coefficient (Wildman–Crippen LogP) is 0.234. The van der Waals surface area contributed by atoms with Gasteiger partial charge in [0, 0.05) is 6.61 Å². The van der Waals surface area contributed by atoms with E-state index in [2.05, 4.69) is 0 Å². The minimum atomic E-state index is 0. The number of rotatable bonds is 0. The molecular weight excluding hydrogens is 254 g/mol. The van der Waals surface area contributed by atoms with E-state index in [-0.39, 0.29) is 73.8 Å². The SMILES string of the molecule is CCO.Cl.Cl.Cl.Cl.[GeH4]. The van der Waals surface area contributed by atoms with Crippen LogP contribution in [0.4, 0.5) is 0 Å². The van der Waals surface area contributed by atoms with Crippen molar-refractivity contribution >= 4 is 67.2 Å². The van der Waals surface area contributed by atoms with Crippen LogP contribution in [0.3, 0.4) is 0 Å². The van der Waals surface area contributed by atoms with Gasteiger partial charge in [0.2, 0.25) is 0 Å². The third kappa shape index (κ3) is 123. The zero-order chi connectivity index (χ0) is 2.71. The Morgan fingerprint density at radius 2 is 1.00 bits per heavy atom. The molecule has 0 aliphatic rings. The molecule has 1 N–H and O–H groups in total. The third-order valence-corrected chi connectivity index (χ3v) is 0. The second-order valence-corrected chi connectivity index (χ2v) is 0.316. The summed E-state index contributed by atoms with van der Waals surface area (Å²) in [5.74, 6) is 0. The number of hydrogen-bond acceptors (Lipinski definition) is 1. The van der Waals surface area contributed by atoms with Gasteiger partial charge >= 0.3 is 17.6 Å². The zero-order valence-electron chi connectivity index (χ0n) is 3.79. The summed E-state index contributed by atoms with van der Waals surface area (Å²) in [6.45, 7) is 1.93. The standard InChI is InChI=1S/C2H6O.4ClH.GeH4/c1-2-3;;;;;/h3H,2H2,1H3;4*1H;1H4. The van der Waals surface area contributed by atoms with E-state index in [0.717, 1.165) is 0 Å². The molecule has 0 aliphatic carbocycles. The Bertz CT molecular complexity index is 14.0. The second-order valence-electron chi connectivity index (χ2n) is 0.316. The maximum atomic E-state index is 7.57. The Kier molecular flexibility index (Phi) is 485. The average Bonchev–Trinajstić information content (AvgIpc) is 0.918. The van der Waals surface area contributed by atoms with Crippen LogP contribution in [0.5, 0.6) is 0 Å². The molecular formula is C2H14Cl4GeO. The molecule has 6 heteroatoms. The van der Waals surface area contributed by atoms with Gasteiger partial charge in [0.1, 0.15) is 0 Å². The van der Waals surface area contributed by atoms with Gasteiger partial charge < -0.3 is 5.11 Å². The first kappa shape index (κ1) is 54.0. The quantitative estimate of drug-likeness (QED) is 0.624. The molecule has 0 saturated carbocycles. The van der Waals surface area contributed by atoms with Crippen molar-refractivity contribution in [3.05, 3.63) is 0 Å². The Morgan fingerprint density at radius 3 is 1.00 bits per heavy atom. The molecule has 0 bridgehead atoms. The molecule has 0 aromatic carbocycles. The number of hydrogen-bond donors (Lipinski definition) is 1. The molecule has 0 unspecified atom stereocenters. The van der Waals surface area contributed by atoms with Gasteiger partial charge in [-0.3, -0.25) is 0 Å². The van der Waals surface area contributed by atoms with Crippen molar-refractivity contribution in [3.8, 4) is 0 Å². The molecule has 0 atom stereocenters. The molecule has 0 heterocycles. The van der Waals surface area contributed by atoms with Crippen LogP contribution in [0.1, 0.15) is 6.92 Å². The van der Waals surface area contributed by atoms with Crippen LogP contribution in [-0.4, -0.2) is 29.3 Å². The molecule has 60 valence electrons. The number of aliphatic hydroxyl groups is 1. The second kappa shape index (κ2) is 71.7. The Balaban J connectivity index is -0.00000000200. The molecule has 0 aliphatic heterocycles. The Hall–Kier alpha value is 1.66. The van der Waals surface area contributed by atoms with Crippen LogP contribution in [0.25, 0.3) is 0 Å². The molecule has 0 saturated heterocycles. The van der Waals surface area contributed by atoms with Crippen molar-refractivity contribution in [1.29, 1.82) is 0 Å². The topological polar surface area (TPSA) is 20.2 Å². The molecule has 8 heavy (non-hydrogen) atoms. The van der Waals surface area contributed by atoms with Gasteiger partial charge in [-0.15, -0.1) is 49.6 Å². The molecule has 0 fully saturated rings. The van der Waals surface area contributed by atoms with E-state index in [1.54, 1.807) is 6.92 Å². The van der Waals surface area contributed by atoms with Crippen LogP contribution < -0.4 is 0 Å². The van der Waals surface area contributed by atoms with Gasteiger partial charge in [0.15, 0.2) is 0 Å². The van der Waals surface area contributed by atoms with Gasteiger partial charge in [0.25, 0.3) is 0 Å². The first-order valence-electron chi connectivity index (χ1n) is 1.02. The van der Waals surface area contributed by atoms with Gasteiger partial charge in [-0.1, -0.05) is 0 Å². The first-order chi connectivity index (χ1) is 1.41. The van der Waals surface area contributed by atoms with E-state index in [4.69, 9.17) is 5.11 Å². The summed E-state index contributed by atoms with van der Waals surface area (Å²) >= 11 is 0. The van der Waals surface area contributed by atoms with Crippen LogP contribution >= 0.6 is 49.6 Å². The molecule has 0 spiro atoms. The summed E-state index contributed by atoms with van der Waals surface area (Å²) in [6, 6.07) is 0. The summed E-state index contributed by atoms with van der Waals surface area (Å²) in [4.78, 5) is 0. The Morgan fingerprint density at radius 1 is 1.00 bits per heavy atom. The van der Waals surface area contributed by atoms with Crippen molar-refractivity contribution < 1.29 is 5.11 Å². The molecule has 0 amide bonds. The molecule has 1 nitrogen and oxygen atoms in total. The maximum absolute atomic E-state index is 7.57. The van der Waals surface area contributed by atoms with E-state index >= 15 is 0 Å². The summed E-state index contributed by atoms with van der Waals surface area (Å²) < 4.78 is 0. The van der Waals surface area contributed by atoms with Crippen molar-refractivity contribution in [3.63, 3.8) is 0 Å². The fourth-order valence-electron chi connectivity index (χ4n) is 0. The summed E-state index contributed by atoms with van der Waals surface area (Å²) in [5, 5.41) is 7.57. The average molecular weight is 269 g/mol. The van der Waals surface area contributed by atoms with Crippen molar-refractivity contribution in [2.75, 3.05) is 6.61 Å². The van der Waals surface area contributed by atoms with Crippen molar-refractivity contribution in [2.24, 2.45) is 0 Å². The summed E-state index contributed by atoms with van der Waals surface area (Å²) in [5.41, 5.74) is 0. The van der Waals surface area contributed by atoms with Crippen molar-refractivity contribution in [1.82, 2.24) is 0 Å². The zero-order valence-corrected chi connectivity index (χ0v) is 7.05. The number of aliphatic hydroxyl groups excluding tert-OH is 1. The molecule has 0 aromatic heterocycles. The molecule has 0 radical (unpaired) electrons. The third-order valence-electron chi connectivity index (χ3n) is 0. The van der Waals surface area contributed by atoms with Crippen LogP contribution in [0.2, 0.25) is 0 Å². The van der Waals surface area contributed by atoms with Crippen LogP contribution in [0, 0.1) is 0 Å².